The molecular weight excluding hydrogens is 352 g/mol. The van der Waals surface area contributed by atoms with Crippen molar-refractivity contribution in [3.8, 4) is 5.75 Å². The molecule has 28 heavy (non-hydrogen) atoms. The Labute approximate surface area is 167 Å². The summed E-state index contributed by atoms with van der Waals surface area (Å²) in [7, 11) is 0. The molecular formula is C23H30N2O3. The van der Waals surface area contributed by atoms with Crippen LogP contribution < -0.4 is 10.1 Å². The van der Waals surface area contributed by atoms with Gasteiger partial charge in [0, 0.05) is 12.6 Å². The number of hydrogen-bond acceptors (Lipinski definition) is 3. The zero-order chi connectivity index (χ0) is 20.5. The Bertz CT molecular complexity index is 774. The van der Waals surface area contributed by atoms with Gasteiger partial charge in [-0.3, -0.25) is 9.59 Å². The molecule has 0 spiro atoms. The van der Waals surface area contributed by atoms with E-state index in [9.17, 15) is 9.59 Å². The van der Waals surface area contributed by atoms with E-state index < -0.39 is 6.04 Å². The van der Waals surface area contributed by atoms with Crippen molar-refractivity contribution in [2.24, 2.45) is 0 Å². The Morgan fingerprint density at radius 3 is 2.39 bits per heavy atom. The standard InChI is InChI=1S/C23H30N2O3/c1-5-21(23(27)24-17(2)3)25(15-19-11-7-6-8-12-19)22(26)16-28-20-13-9-10-18(4)14-20/h6-14,17,21H,5,15-16H2,1-4H3,(H,24,27). The van der Waals surface area contributed by atoms with Crippen LogP contribution in [0, 0.1) is 6.92 Å². The van der Waals surface area contributed by atoms with E-state index in [-0.39, 0.29) is 24.5 Å². The van der Waals surface area contributed by atoms with Crippen molar-refractivity contribution in [2.75, 3.05) is 6.61 Å². The second-order valence-electron chi connectivity index (χ2n) is 7.20. The van der Waals surface area contributed by atoms with E-state index in [4.69, 9.17) is 4.74 Å². The summed E-state index contributed by atoms with van der Waals surface area (Å²) in [6.45, 7) is 7.96. The molecule has 0 aliphatic carbocycles. The lowest BCUT2D eigenvalue weighted by Crippen LogP contribution is -2.51. The molecule has 5 nitrogen and oxygen atoms in total. The first-order chi connectivity index (χ1) is 13.4. The summed E-state index contributed by atoms with van der Waals surface area (Å²) in [6.07, 6.45) is 0.529. The fourth-order valence-corrected chi connectivity index (χ4v) is 3.01. The lowest BCUT2D eigenvalue weighted by atomic mass is 10.1. The fraction of sp³-hybridized carbons (Fsp3) is 0.391. The van der Waals surface area contributed by atoms with Crippen molar-refractivity contribution < 1.29 is 14.3 Å². The molecule has 0 aliphatic heterocycles. The van der Waals surface area contributed by atoms with Crippen molar-refractivity contribution in [1.82, 2.24) is 10.2 Å². The maximum Gasteiger partial charge on any atom is 0.261 e. The van der Waals surface area contributed by atoms with E-state index in [0.29, 0.717) is 18.7 Å². The zero-order valence-electron chi connectivity index (χ0n) is 17.1. The van der Waals surface area contributed by atoms with Crippen molar-refractivity contribution >= 4 is 11.8 Å². The van der Waals surface area contributed by atoms with Crippen LogP contribution in [-0.2, 0) is 16.1 Å². The Hall–Kier alpha value is -2.82. The van der Waals surface area contributed by atoms with E-state index in [1.165, 1.54) is 0 Å². The highest BCUT2D eigenvalue weighted by Gasteiger charge is 2.29. The minimum Gasteiger partial charge on any atom is -0.484 e. The van der Waals surface area contributed by atoms with Gasteiger partial charge < -0.3 is 15.0 Å². The van der Waals surface area contributed by atoms with Crippen LogP contribution in [0.1, 0.15) is 38.3 Å². The fourth-order valence-electron chi connectivity index (χ4n) is 3.01. The normalized spacial score (nSPS) is 11.8. The van der Waals surface area contributed by atoms with Gasteiger partial charge in [0.15, 0.2) is 6.61 Å². The highest BCUT2D eigenvalue weighted by Crippen LogP contribution is 2.15. The summed E-state index contributed by atoms with van der Waals surface area (Å²) < 4.78 is 5.70. The lowest BCUT2D eigenvalue weighted by Gasteiger charge is -2.31. The molecule has 0 bridgehead atoms. The number of ether oxygens (including phenoxy) is 1. The topological polar surface area (TPSA) is 58.6 Å². The molecule has 0 saturated carbocycles. The number of carbonyl (C=O) groups excluding carboxylic acids is 2. The van der Waals surface area contributed by atoms with Crippen LogP contribution in [-0.4, -0.2) is 35.4 Å². The zero-order valence-corrected chi connectivity index (χ0v) is 17.1. The molecule has 150 valence electrons. The minimum atomic E-state index is -0.545. The quantitative estimate of drug-likeness (QED) is 0.719. The van der Waals surface area contributed by atoms with E-state index in [2.05, 4.69) is 5.32 Å². The number of rotatable bonds is 9. The van der Waals surface area contributed by atoms with Crippen LogP contribution in [0.5, 0.6) is 5.75 Å². The van der Waals surface area contributed by atoms with E-state index in [0.717, 1.165) is 11.1 Å². The van der Waals surface area contributed by atoms with Crippen LogP contribution in [0.25, 0.3) is 0 Å². The minimum absolute atomic E-state index is 0.0128. The lowest BCUT2D eigenvalue weighted by molar-refractivity contribution is -0.143. The van der Waals surface area contributed by atoms with Gasteiger partial charge in [-0.25, -0.2) is 0 Å². The molecule has 2 aromatic rings. The number of aryl methyl sites for hydroxylation is 1. The van der Waals surface area contributed by atoms with Gasteiger partial charge in [-0.2, -0.15) is 0 Å². The second kappa shape index (κ2) is 10.5. The molecule has 0 radical (unpaired) electrons. The molecule has 0 aliphatic rings. The summed E-state index contributed by atoms with van der Waals surface area (Å²) in [4.78, 5) is 27.3. The molecule has 0 saturated heterocycles. The summed E-state index contributed by atoms with van der Waals surface area (Å²) in [5, 5.41) is 2.92. The molecule has 1 N–H and O–H groups in total. The van der Waals surface area contributed by atoms with Crippen molar-refractivity contribution in [3.63, 3.8) is 0 Å². The first-order valence-electron chi connectivity index (χ1n) is 9.74. The second-order valence-corrected chi connectivity index (χ2v) is 7.20. The molecule has 1 atom stereocenters. The highest BCUT2D eigenvalue weighted by atomic mass is 16.5. The van der Waals surface area contributed by atoms with Crippen LogP contribution in [0.15, 0.2) is 54.6 Å². The summed E-state index contributed by atoms with van der Waals surface area (Å²) in [6, 6.07) is 16.7. The van der Waals surface area contributed by atoms with Gasteiger partial charge in [0.2, 0.25) is 5.91 Å². The summed E-state index contributed by atoms with van der Waals surface area (Å²) in [5.41, 5.74) is 2.04. The Morgan fingerprint density at radius 1 is 1.07 bits per heavy atom. The number of nitrogens with one attached hydrogen (secondary N) is 1. The number of benzene rings is 2. The van der Waals surface area contributed by atoms with E-state index in [1.807, 2.05) is 82.3 Å². The number of amides is 2. The van der Waals surface area contributed by atoms with Gasteiger partial charge in [0.05, 0.1) is 0 Å². The smallest absolute Gasteiger partial charge is 0.261 e. The average molecular weight is 383 g/mol. The molecule has 0 fully saturated rings. The predicted octanol–water partition coefficient (Wildman–Crippen LogP) is 3.71. The first kappa shape index (κ1) is 21.5. The summed E-state index contributed by atoms with van der Waals surface area (Å²) in [5.74, 6) is 0.293. The van der Waals surface area contributed by atoms with Gasteiger partial charge in [-0.15, -0.1) is 0 Å². The van der Waals surface area contributed by atoms with Crippen molar-refractivity contribution in [3.05, 3.63) is 65.7 Å². The van der Waals surface area contributed by atoms with Gasteiger partial charge in [-0.05, 0) is 50.5 Å². The number of hydrogen-bond donors (Lipinski definition) is 1. The predicted molar refractivity (Wildman–Crippen MR) is 111 cm³/mol. The summed E-state index contributed by atoms with van der Waals surface area (Å²) >= 11 is 0. The van der Waals surface area contributed by atoms with Gasteiger partial charge >= 0.3 is 0 Å². The van der Waals surface area contributed by atoms with Gasteiger partial charge in [0.25, 0.3) is 5.91 Å². The third-order valence-electron chi connectivity index (χ3n) is 4.36. The maximum absolute atomic E-state index is 13.0. The number of carbonyl (C=O) groups is 2. The molecule has 1 unspecified atom stereocenters. The third kappa shape index (κ3) is 6.41. The highest BCUT2D eigenvalue weighted by molar-refractivity contribution is 5.88. The largest absolute Gasteiger partial charge is 0.484 e. The monoisotopic (exact) mass is 382 g/mol. The van der Waals surface area contributed by atoms with Crippen LogP contribution in [0.2, 0.25) is 0 Å². The van der Waals surface area contributed by atoms with Crippen LogP contribution in [0.3, 0.4) is 0 Å². The van der Waals surface area contributed by atoms with Gasteiger partial charge in [-0.1, -0.05) is 49.4 Å². The van der Waals surface area contributed by atoms with Crippen LogP contribution in [0.4, 0.5) is 0 Å². The molecule has 2 rings (SSSR count). The molecule has 2 amide bonds. The Balaban J connectivity index is 2.17. The Morgan fingerprint density at radius 2 is 1.79 bits per heavy atom. The molecule has 2 aromatic carbocycles. The number of nitrogens with zero attached hydrogens (tertiary/aromatic N) is 1. The molecule has 5 heteroatoms. The van der Waals surface area contributed by atoms with E-state index >= 15 is 0 Å². The molecule has 0 heterocycles. The average Bonchev–Trinajstić information content (AvgIpc) is 2.66. The molecule has 0 aromatic heterocycles. The van der Waals surface area contributed by atoms with Crippen LogP contribution >= 0.6 is 0 Å². The Kier molecular flexibility index (Phi) is 8.05. The van der Waals surface area contributed by atoms with E-state index in [1.54, 1.807) is 4.90 Å². The van der Waals surface area contributed by atoms with Gasteiger partial charge in [0.1, 0.15) is 11.8 Å². The SMILES string of the molecule is CCC(C(=O)NC(C)C)N(Cc1ccccc1)C(=O)COc1cccc(C)c1. The van der Waals surface area contributed by atoms with Crippen molar-refractivity contribution in [2.45, 2.75) is 52.7 Å². The third-order valence-corrected chi connectivity index (χ3v) is 4.36. The first-order valence-corrected chi connectivity index (χ1v) is 9.74. The maximum atomic E-state index is 13.0. The van der Waals surface area contributed by atoms with Crippen molar-refractivity contribution in [1.29, 1.82) is 0 Å².